The highest BCUT2D eigenvalue weighted by molar-refractivity contribution is 6.35. The molecule has 2 amide bonds. The summed E-state index contributed by atoms with van der Waals surface area (Å²) >= 11 is 12.2. The number of nitrogens with one attached hydrogen (secondary N) is 1. The van der Waals surface area contributed by atoms with Gasteiger partial charge in [-0.25, -0.2) is 0 Å². The van der Waals surface area contributed by atoms with Gasteiger partial charge in [-0.1, -0.05) is 47.0 Å². The van der Waals surface area contributed by atoms with Gasteiger partial charge in [-0.15, -0.1) is 0 Å². The first kappa shape index (κ1) is 23.0. The minimum Gasteiger partial charge on any atom is -0.484 e. The van der Waals surface area contributed by atoms with Crippen LogP contribution >= 0.6 is 23.2 Å². The van der Waals surface area contributed by atoms with Crippen molar-refractivity contribution in [2.75, 3.05) is 6.61 Å². The Bertz CT molecular complexity index is 854. The first-order valence-electron chi connectivity index (χ1n) is 9.40. The molecule has 156 valence electrons. The SMILES string of the molecule is Cc1ccc(OCC(=O)N(Cc2ccc(Cl)cc2Cl)[C@H](C)C(=O)NC(C)C)cc1. The monoisotopic (exact) mass is 436 g/mol. The Labute approximate surface area is 181 Å². The Morgan fingerprint density at radius 2 is 1.72 bits per heavy atom. The molecule has 2 rings (SSSR count). The topological polar surface area (TPSA) is 58.6 Å². The summed E-state index contributed by atoms with van der Waals surface area (Å²) in [7, 11) is 0. The van der Waals surface area contributed by atoms with Gasteiger partial charge in [0, 0.05) is 22.6 Å². The fourth-order valence-electron chi connectivity index (χ4n) is 2.68. The third-order valence-corrected chi connectivity index (χ3v) is 4.92. The Hall–Kier alpha value is -2.24. The van der Waals surface area contributed by atoms with E-state index in [0.29, 0.717) is 21.4 Å². The number of carbonyl (C=O) groups excluding carboxylic acids is 2. The third kappa shape index (κ3) is 6.94. The number of hydrogen-bond acceptors (Lipinski definition) is 3. The molecule has 0 aromatic heterocycles. The van der Waals surface area contributed by atoms with Crippen molar-refractivity contribution in [2.45, 2.75) is 46.3 Å². The van der Waals surface area contributed by atoms with Crippen LogP contribution in [0, 0.1) is 6.92 Å². The zero-order valence-corrected chi connectivity index (χ0v) is 18.6. The molecule has 0 aliphatic heterocycles. The average molecular weight is 437 g/mol. The van der Waals surface area contributed by atoms with Crippen molar-refractivity contribution < 1.29 is 14.3 Å². The van der Waals surface area contributed by atoms with Crippen LogP contribution in [-0.2, 0) is 16.1 Å². The van der Waals surface area contributed by atoms with Gasteiger partial charge in [0.2, 0.25) is 5.91 Å². The van der Waals surface area contributed by atoms with Gasteiger partial charge in [0.1, 0.15) is 11.8 Å². The number of hydrogen-bond donors (Lipinski definition) is 1. The number of amides is 2. The summed E-state index contributed by atoms with van der Waals surface area (Å²) in [6, 6.07) is 11.8. The number of nitrogens with zero attached hydrogens (tertiary/aromatic N) is 1. The molecule has 0 heterocycles. The van der Waals surface area contributed by atoms with Gasteiger partial charge in [-0.05, 0) is 57.5 Å². The summed E-state index contributed by atoms with van der Waals surface area (Å²) in [5, 5.41) is 3.78. The van der Waals surface area contributed by atoms with Crippen LogP contribution in [0.5, 0.6) is 5.75 Å². The summed E-state index contributed by atoms with van der Waals surface area (Å²) in [5.41, 5.74) is 1.80. The molecular weight excluding hydrogens is 411 g/mol. The minimum absolute atomic E-state index is 0.0372. The van der Waals surface area contributed by atoms with Crippen LogP contribution in [0.3, 0.4) is 0 Å². The average Bonchev–Trinajstić information content (AvgIpc) is 2.65. The smallest absolute Gasteiger partial charge is 0.261 e. The number of benzene rings is 2. The zero-order chi connectivity index (χ0) is 21.6. The number of halogens is 2. The standard InChI is InChI=1S/C22H26Cl2N2O3/c1-14(2)25-22(28)16(4)26(12-17-7-8-18(23)11-20(17)24)21(27)13-29-19-9-5-15(3)6-10-19/h5-11,14,16H,12-13H2,1-4H3,(H,25,28)/t16-/m1/s1. The summed E-state index contributed by atoms with van der Waals surface area (Å²) in [4.78, 5) is 26.9. The van der Waals surface area contributed by atoms with E-state index in [9.17, 15) is 9.59 Å². The summed E-state index contributed by atoms with van der Waals surface area (Å²) in [5.74, 6) is 0.0319. The lowest BCUT2D eigenvalue weighted by Gasteiger charge is -2.29. The largest absolute Gasteiger partial charge is 0.484 e. The van der Waals surface area contributed by atoms with Crippen LogP contribution < -0.4 is 10.1 Å². The molecule has 1 N–H and O–H groups in total. The molecule has 0 radical (unpaired) electrons. The van der Waals surface area contributed by atoms with Gasteiger partial charge in [0.15, 0.2) is 6.61 Å². The van der Waals surface area contributed by atoms with E-state index in [1.807, 2.05) is 32.9 Å². The maximum absolute atomic E-state index is 12.9. The molecule has 2 aromatic rings. The van der Waals surface area contributed by atoms with Gasteiger partial charge in [0.05, 0.1) is 0 Å². The summed E-state index contributed by atoms with van der Waals surface area (Å²) in [6.07, 6.45) is 0. The maximum Gasteiger partial charge on any atom is 0.261 e. The fraction of sp³-hybridized carbons (Fsp3) is 0.364. The zero-order valence-electron chi connectivity index (χ0n) is 17.0. The van der Waals surface area contributed by atoms with E-state index in [2.05, 4.69) is 5.32 Å². The van der Waals surface area contributed by atoms with Crippen molar-refractivity contribution >= 4 is 35.0 Å². The van der Waals surface area contributed by atoms with E-state index in [4.69, 9.17) is 27.9 Å². The van der Waals surface area contributed by atoms with Crippen LogP contribution in [0.1, 0.15) is 31.9 Å². The predicted molar refractivity (Wildman–Crippen MR) is 116 cm³/mol. The van der Waals surface area contributed by atoms with Gasteiger partial charge < -0.3 is 15.0 Å². The van der Waals surface area contributed by atoms with E-state index < -0.39 is 6.04 Å². The van der Waals surface area contributed by atoms with Gasteiger partial charge in [-0.2, -0.15) is 0 Å². The number of carbonyl (C=O) groups is 2. The van der Waals surface area contributed by atoms with Crippen molar-refractivity contribution in [2.24, 2.45) is 0 Å². The molecule has 29 heavy (non-hydrogen) atoms. The van der Waals surface area contributed by atoms with Crippen molar-refractivity contribution in [1.82, 2.24) is 10.2 Å². The number of rotatable bonds is 8. The molecule has 1 atom stereocenters. The van der Waals surface area contributed by atoms with Gasteiger partial charge >= 0.3 is 0 Å². The molecule has 0 aliphatic carbocycles. The molecule has 2 aromatic carbocycles. The Balaban J connectivity index is 2.18. The lowest BCUT2D eigenvalue weighted by Crippen LogP contribution is -2.50. The highest BCUT2D eigenvalue weighted by Gasteiger charge is 2.27. The molecule has 0 bridgehead atoms. The van der Waals surface area contributed by atoms with Gasteiger partial charge in [-0.3, -0.25) is 9.59 Å². The summed E-state index contributed by atoms with van der Waals surface area (Å²) in [6.45, 7) is 7.37. The Kier molecular flexibility index (Phi) is 8.35. The normalized spacial score (nSPS) is 11.8. The lowest BCUT2D eigenvalue weighted by molar-refractivity contribution is -0.142. The van der Waals surface area contributed by atoms with E-state index in [0.717, 1.165) is 5.56 Å². The first-order valence-corrected chi connectivity index (χ1v) is 10.2. The van der Waals surface area contributed by atoms with Gasteiger partial charge in [0.25, 0.3) is 5.91 Å². The molecule has 0 spiro atoms. The lowest BCUT2D eigenvalue weighted by atomic mass is 10.1. The van der Waals surface area contributed by atoms with Crippen LogP contribution in [0.25, 0.3) is 0 Å². The highest BCUT2D eigenvalue weighted by Crippen LogP contribution is 2.23. The van der Waals surface area contributed by atoms with Crippen LogP contribution in [0.2, 0.25) is 10.0 Å². The molecule has 5 nitrogen and oxygen atoms in total. The second-order valence-corrected chi connectivity index (χ2v) is 8.04. The molecule has 0 aliphatic rings. The minimum atomic E-state index is -0.696. The van der Waals surface area contributed by atoms with Crippen molar-refractivity contribution in [3.63, 3.8) is 0 Å². The molecule has 7 heteroatoms. The van der Waals surface area contributed by atoms with E-state index >= 15 is 0 Å². The van der Waals surface area contributed by atoms with Crippen LogP contribution in [0.4, 0.5) is 0 Å². The summed E-state index contributed by atoms with van der Waals surface area (Å²) < 4.78 is 5.62. The van der Waals surface area contributed by atoms with E-state index in [1.165, 1.54) is 4.90 Å². The van der Waals surface area contributed by atoms with E-state index in [1.54, 1.807) is 37.3 Å². The van der Waals surface area contributed by atoms with Crippen LogP contribution in [0.15, 0.2) is 42.5 Å². The molecular formula is C22H26Cl2N2O3. The van der Waals surface area contributed by atoms with Crippen molar-refractivity contribution in [3.8, 4) is 5.75 Å². The predicted octanol–water partition coefficient (Wildman–Crippen LogP) is 4.62. The maximum atomic E-state index is 12.9. The molecule has 0 fully saturated rings. The molecule has 0 saturated carbocycles. The third-order valence-electron chi connectivity index (χ3n) is 4.34. The Morgan fingerprint density at radius 3 is 2.31 bits per heavy atom. The first-order chi connectivity index (χ1) is 13.7. The van der Waals surface area contributed by atoms with Crippen molar-refractivity contribution in [3.05, 3.63) is 63.6 Å². The Morgan fingerprint density at radius 1 is 1.07 bits per heavy atom. The quantitative estimate of drug-likeness (QED) is 0.656. The number of aryl methyl sites for hydroxylation is 1. The number of ether oxygens (including phenoxy) is 1. The highest BCUT2D eigenvalue weighted by atomic mass is 35.5. The second kappa shape index (κ2) is 10.5. The van der Waals surface area contributed by atoms with E-state index in [-0.39, 0.29) is 31.0 Å². The fourth-order valence-corrected chi connectivity index (χ4v) is 3.15. The van der Waals surface area contributed by atoms with Crippen LogP contribution in [-0.4, -0.2) is 35.4 Å². The molecule has 0 saturated heterocycles. The molecule has 0 unspecified atom stereocenters. The van der Waals surface area contributed by atoms with Crippen molar-refractivity contribution in [1.29, 1.82) is 0 Å². The second-order valence-electron chi connectivity index (χ2n) is 7.20.